The molecule has 0 aromatic heterocycles. The summed E-state index contributed by atoms with van der Waals surface area (Å²) in [6, 6.07) is 15.1. The van der Waals surface area contributed by atoms with E-state index in [9.17, 15) is 4.79 Å². The zero-order valence-electron chi connectivity index (χ0n) is 13.8. The third-order valence-corrected chi connectivity index (χ3v) is 4.80. The van der Waals surface area contributed by atoms with Gasteiger partial charge in [-0.25, -0.2) is 0 Å². The Morgan fingerprint density at radius 2 is 1.64 bits per heavy atom. The first-order chi connectivity index (χ1) is 12.1. The fraction of sp³-hybridized carbons (Fsp3) is 0.316. The summed E-state index contributed by atoms with van der Waals surface area (Å²) in [7, 11) is 0. The van der Waals surface area contributed by atoms with Crippen LogP contribution in [-0.4, -0.2) is 48.5 Å². The molecule has 2 aromatic carbocycles. The van der Waals surface area contributed by atoms with Crippen LogP contribution in [0.15, 0.2) is 48.5 Å². The number of ether oxygens (including phenoxy) is 1. The van der Waals surface area contributed by atoms with Crippen LogP contribution in [0.3, 0.4) is 0 Å². The summed E-state index contributed by atoms with van der Waals surface area (Å²) in [6.07, 6.45) is 0. The van der Waals surface area contributed by atoms with Crippen molar-refractivity contribution in [3.8, 4) is 5.75 Å². The lowest BCUT2D eigenvalue weighted by Gasteiger charge is -2.34. The van der Waals surface area contributed by atoms with Crippen LogP contribution in [0.1, 0.15) is 5.56 Å². The predicted octanol–water partition coefficient (Wildman–Crippen LogP) is 3.72. The first-order valence-corrected chi connectivity index (χ1v) is 8.99. The lowest BCUT2D eigenvalue weighted by molar-refractivity contribution is -0.135. The average molecular weight is 379 g/mol. The number of carbonyl (C=O) groups is 1. The molecule has 0 bridgehead atoms. The van der Waals surface area contributed by atoms with E-state index in [-0.39, 0.29) is 12.5 Å². The van der Waals surface area contributed by atoms with Gasteiger partial charge >= 0.3 is 0 Å². The van der Waals surface area contributed by atoms with E-state index < -0.39 is 0 Å². The maximum atomic E-state index is 12.3. The van der Waals surface area contributed by atoms with Crippen molar-refractivity contribution >= 4 is 29.1 Å². The molecule has 4 nitrogen and oxygen atoms in total. The van der Waals surface area contributed by atoms with Gasteiger partial charge in [0, 0.05) is 37.7 Å². The molecule has 0 atom stereocenters. The van der Waals surface area contributed by atoms with Gasteiger partial charge in [-0.3, -0.25) is 9.69 Å². The molecule has 1 aliphatic heterocycles. The Bertz CT molecular complexity index is 714. The first-order valence-electron chi connectivity index (χ1n) is 8.24. The fourth-order valence-electron chi connectivity index (χ4n) is 2.80. The highest BCUT2D eigenvalue weighted by Crippen LogP contribution is 2.23. The van der Waals surface area contributed by atoms with Crippen molar-refractivity contribution < 1.29 is 9.53 Å². The van der Waals surface area contributed by atoms with Gasteiger partial charge in [0.2, 0.25) is 0 Å². The molecule has 1 fully saturated rings. The standard InChI is InChI=1S/C19H20Cl2N2O2/c20-16-7-5-15(6-8-16)13-22-9-11-23(12-10-22)19(24)14-25-18-4-2-1-3-17(18)21/h1-8H,9-14H2. The van der Waals surface area contributed by atoms with Crippen molar-refractivity contribution in [2.45, 2.75) is 6.54 Å². The number of rotatable bonds is 5. The highest BCUT2D eigenvalue weighted by atomic mass is 35.5. The van der Waals surface area contributed by atoms with Crippen LogP contribution >= 0.6 is 23.2 Å². The second-order valence-corrected chi connectivity index (χ2v) is 6.85. The maximum Gasteiger partial charge on any atom is 0.260 e. The van der Waals surface area contributed by atoms with E-state index in [1.54, 1.807) is 12.1 Å². The zero-order valence-corrected chi connectivity index (χ0v) is 15.3. The van der Waals surface area contributed by atoms with Crippen LogP contribution in [0.25, 0.3) is 0 Å². The summed E-state index contributed by atoms with van der Waals surface area (Å²) in [5, 5.41) is 1.26. The van der Waals surface area contributed by atoms with Crippen molar-refractivity contribution in [1.82, 2.24) is 9.80 Å². The van der Waals surface area contributed by atoms with Gasteiger partial charge in [-0.05, 0) is 29.8 Å². The largest absolute Gasteiger partial charge is 0.482 e. The number of amides is 1. The smallest absolute Gasteiger partial charge is 0.260 e. The van der Waals surface area contributed by atoms with E-state index >= 15 is 0 Å². The molecule has 1 saturated heterocycles. The van der Waals surface area contributed by atoms with E-state index in [2.05, 4.69) is 4.90 Å². The van der Waals surface area contributed by atoms with Crippen LogP contribution in [0.4, 0.5) is 0 Å². The van der Waals surface area contributed by atoms with Crippen molar-refractivity contribution in [1.29, 1.82) is 0 Å². The van der Waals surface area contributed by atoms with E-state index in [1.807, 2.05) is 41.3 Å². The number of hydrogen-bond acceptors (Lipinski definition) is 3. The summed E-state index contributed by atoms with van der Waals surface area (Å²) < 4.78 is 5.54. The second kappa shape index (κ2) is 8.56. The molecular formula is C19H20Cl2N2O2. The van der Waals surface area contributed by atoms with Gasteiger partial charge in [0.25, 0.3) is 5.91 Å². The highest BCUT2D eigenvalue weighted by molar-refractivity contribution is 6.32. The topological polar surface area (TPSA) is 32.8 Å². The number of piperazine rings is 1. The van der Waals surface area contributed by atoms with Crippen LogP contribution in [0.2, 0.25) is 10.0 Å². The number of nitrogens with zero attached hydrogens (tertiary/aromatic N) is 2. The average Bonchev–Trinajstić information content (AvgIpc) is 2.63. The molecule has 0 unspecified atom stereocenters. The fourth-order valence-corrected chi connectivity index (χ4v) is 3.11. The molecule has 1 heterocycles. The SMILES string of the molecule is O=C(COc1ccccc1Cl)N1CCN(Cc2ccc(Cl)cc2)CC1. The molecule has 2 aromatic rings. The van der Waals surface area contributed by atoms with Gasteiger partial charge in [-0.1, -0.05) is 47.5 Å². The van der Waals surface area contributed by atoms with E-state index in [0.717, 1.165) is 24.7 Å². The molecule has 3 rings (SSSR count). The summed E-state index contributed by atoms with van der Waals surface area (Å²) in [5.41, 5.74) is 1.23. The molecule has 0 spiro atoms. The number of hydrogen-bond donors (Lipinski definition) is 0. The summed E-state index contributed by atoms with van der Waals surface area (Å²) in [6.45, 7) is 3.99. The molecular weight excluding hydrogens is 359 g/mol. The van der Waals surface area contributed by atoms with Crippen LogP contribution in [0.5, 0.6) is 5.75 Å². The van der Waals surface area contributed by atoms with Crippen LogP contribution in [-0.2, 0) is 11.3 Å². The quantitative estimate of drug-likeness (QED) is 0.794. The minimum atomic E-state index is -0.00828. The number of halogens is 2. The van der Waals surface area contributed by atoms with Crippen molar-refractivity contribution in [3.05, 3.63) is 64.1 Å². The second-order valence-electron chi connectivity index (χ2n) is 6.00. The van der Waals surface area contributed by atoms with Gasteiger partial charge in [0.05, 0.1) is 5.02 Å². The molecule has 0 N–H and O–H groups in total. The molecule has 6 heteroatoms. The predicted molar refractivity (Wildman–Crippen MR) is 100 cm³/mol. The Hall–Kier alpha value is -1.75. The Morgan fingerprint density at radius 3 is 2.32 bits per heavy atom. The molecule has 25 heavy (non-hydrogen) atoms. The molecule has 1 aliphatic rings. The lowest BCUT2D eigenvalue weighted by Crippen LogP contribution is -2.49. The minimum Gasteiger partial charge on any atom is -0.482 e. The minimum absolute atomic E-state index is 0.00828. The maximum absolute atomic E-state index is 12.3. The number of carbonyl (C=O) groups excluding carboxylic acids is 1. The van der Waals surface area contributed by atoms with Gasteiger partial charge in [-0.2, -0.15) is 0 Å². The first kappa shape index (κ1) is 18.1. The summed E-state index contributed by atoms with van der Waals surface area (Å²) in [5.74, 6) is 0.532. The zero-order chi connectivity index (χ0) is 17.6. The molecule has 0 aliphatic carbocycles. The summed E-state index contributed by atoms with van der Waals surface area (Å²) >= 11 is 11.9. The Balaban J connectivity index is 1.44. The van der Waals surface area contributed by atoms with Crippen molar-refractivity contribution in [2.24, 2.45) is 0 Å². The van der Waals surface area contributed by atoms with Crippen molar-refractivity contribution in [3.63, 3.8) is 0 Å². The molecule has 1 amide bonds. The Kier molecular flexibility index (Phi) is 6.19. The molecule has 0 radical (unpaired) electrons. The molecule has 132 valence electrons. The monoisotopic (exact) mass is 378 g/mol. The van der Waals surface area contributed by atoms with E-state index in [1.165, 1.54) is 5.56 Å². The van der Waals surface area contributed by atoms with E-state index in [4.69, 9.17) is 27.9 Å². The van der Waals surface area contributed by atoms with Gasteiger partial charge < -0.3 is 9.64 Å². The number of para-hydroxylation sites is 1. The number of benzene rings is 2. The molecule has 0 saturated carbocycles. The van der Waals surface area contributed by atoms with E-state index in [0.29, 0.717) is 23.9 Å². The van der Waals surface area contributed by atoms with Crippen molar-refractivity contribution in [2.75, 3.05) is 32.8 Å². The Labute approximate surface area is 157 Å². The third-order valence-electron chi connectivity index (χ3n) is 4.23. The van der Waals surface area contributed by atoms with Crippen LogP contribution in [0, 0.1) is 0 Å². The highest BCUT2D eigenvalue weighted by Gasteiger charge is 2.21. The lowest BCUT2D eigenvalue weighted by atomic mass is 10.2. The summed E-state index contributed by atoms with van der Waals surface area (Å²) in [4.78, 5) is 16.5. The normalized spacial score (nSPS) is 15.2. The van der Waals surface area contributed by atoms with Crippen LogP contribution < -0.4 is 4.74 Å². The Morgan fingerprint density at radius 1 is 0.960 bits per heavy atom. The van der Waals surface area contributed by atoms with Gasteiger partial charge in [0.1, 0.15) is 5.75 Å². The third kappa shape index (κ3) is 5.11. The van der Waals surface area contributed by atoms with Gasteiger partial charge in [-0.15, -0.1) is 0 Å². The van der Waals surface area contributed by atoms with Gasteiger partial charge in [0.15, 0.2) is 6.61 Å².